The Balaban J connectivity index is 1.92. The number of amides is 2. The lowest BCUT2D eigenvalue weighted by Gasteiger charge is -2.28. The standard InChI is InChI=1S/C11H11Br2NO4/c12-8-3-1-4(9(8)13)7-6(3)10(17)14(11(7)18)2-5(15)16/h3-4,6-9H,1-2H2,(H,15,16)/t3-,4-,6+,7+,8-,9-/m1/s1. The Morgan fingerprint density at radius 2 is 1.61 bits per heavy atom. The summed E-state index contributed by atoms with van der Waals surface area (Å²) in [6.45, 7) is -0.510. The first kappa shape index (κ1) is 12.6. The Bertz CT molecular complexity index is 422. The Labute approximate surface area is 120 Å². The number of rotatable bonds is 2. The van der Waals surface area contributed by atoms with Crippen LogP contribution in [0.25, 0.3) is 0 Å². The zero-order chi connectivity index (χ0) is 13.2. The molecule has 98 valence electrons. The van der Waals surface area contributed by atoms with Crippen molar-refractivity contribution in [1.82, 2.24) is 4.90 Å². The summed E-state index contributed by atoms with van der Waals surface area (Å²) in [5.74, 6) is -2.11. The predicted molar refractivity (Wildman–Crippen MR) is 68.4 cm³/mol. The molecule has 0 unspecified atom stereocenters. The van der Waals surface area contributed by atoms with Crippen molar-refractivity contribution in [1.29, 1.82) is 0 Å². The second-order valence-electron chi connectivity index (χ2n) is 5.16. The van der Waals surface area contributed by atoms with Crippen molar-refractivity contribution in [3.05, 3.63) is 0 Å². The van der Waals surface area contributed by atoms with Gasteiger partial charge in [0.25, 0.3) is 0 Å². The highest BCUT2D eigenvalue weighted by Crippen LogP contribution is 2.60. The van der Waals surface area contributed by atoms with Gasteiger partial charge < -0.3 is 5.11 Å². The fourth-order valence-electron chi connectivity index (χ4n) is 3.70. The number of aliphatic carboxylic acids is 1. The maximum Gasteiger partial charge on any atom is 0.323 e. The number of carboxylic acid groups (broad SMARTS) is 1. The first-order chi connectivity index (χ1) is 8.43. The lowest BCUT2D eigenvalue weighted by Crippen LogP contribution is -2.37. The van der Waals surface area contributed by atoms with E-state index in [9.17, 15) is 14.4 Å². The normalized spacial score (nSPS) is 45.8. The van der Waals surface area contributed by atoms with Gasteiger partial charge in [-0.3, -0.25) is 19.3 Å². The van der Waals surface area contributed by atoms with Gasteiger partial charge in [0.2, 0.25) is 11.8 Å². The number of carbonyl (C=O) groups is 3. The summed E-state index contributed by atoms with van der Waals surface area (Å²) < 4.78 is 0. The first-order valence-electron chi connectivity index (χ1n) is 5.78. The van der Waals surface area contributed by atoms with Crippen molar-refractivity contribution in [2.24, 2.45) is 23.7 Å². The van der Waals surface area contributed by atoms with E-state index in [2.05, 4.69) is 31.9 Å². The summed E-state index contributed by atoms with van der Waals surface area (Å²) in [5, 5.41) is 8.76. The molecule has 6 atom stereocenters. The van der Waals surface area contributed by atoms with Gasteiger partial charge >= 0.3 is 5.97 Å². The third kappa shape index (κ3) is 1.46. The molecule has 3 rings (SSSR count). The van der Waals surface area contributed by atoms with Crippen LogP contribution in [0.4, 0.5) is 0 Å². The Kier molecular flexibility index (Phi) is 2.82. The predicted octanol–water partition coefficient (Wildman–Crippen LogP) is 0.849. The van der Waals surface area contributed by atoms with Gasteiger partial charge in [-0.05, 0) is 18.3 Å². The second kappa shape index (κ2) is 4.03. The van der Waals surface area contributed by atoms with E-state index in [1.54, 1.807) is 0 Å². The maximum absolute atomic E-state index is 12.2. The molecule has 3 aliphatic rings. The number of likely N-dealkylation sites (tertiary alicyclic amines) is 1. The van der Waals surface area contributed by atoms with Gasteiger partial charge in [0, 0.05) is 9.65 Å². The summed E-state index contributed by atoms with van der Waals surface area (Å²) in [6, 6.07) is 0. The summed E-state index contributed by atoms with van der Waals surface area (Å²) in [6.07, 6.45) is 0.861. The van der Waals surface area contributed by atoms with Crippen molar-refractivity contribution < 1.29 is 19.5 Å². The summed E-state index contributed by atoms with van der Waals surface area (Å²) >= 11 is 7.14. The van der Waals surface area contributed by atoms with E-state index in [-0.39, 0.29) is 45.1 Å². The van der Waals surface area contributed by atoms with Crippen molar-refractivity contribution in [2.45, 2.75) is 16.1 Å². The third-order valence-corrected chi connectivity index (χ3v) is 7.58. The summed E-state index contributed by atoms with van der Waals surface area (Å²) in [5.41, 5.74) is 0. The number of carboxylic acids is 1. The largest absolute Gasteiger partial charge is 0.480 e. The van der Waals surface area contributed by atoms with E-state index in [1.165, 1.54) is 0 Å². The molecule has 5 nitrogen and oxygen atoms in total. The summed E-state index contributed by atoms with van der Waals surface area (Å²) in [4.78, 5) is 36.4. The minimum absolute atomic E-state index is 0.139. The van der Waals surface area contributed by atoms with Gasteiger partial charge in [0.05, 0.1) is 11.8 Å². The molecule has 3 fully saturated rings. The molecule has 0 radical (unpaired) electrons. The van der Waals surface area contributed by atoms with E-state index >= 15 is 0 Å². The molecular weight excluding hydrogens is 370 g/mol. The minimum Gasteiger partial charge on any atom is -0.480 e. The van der Waals surface area contributed by atoms with Gasteiger partial charge in [0.15, 0.2) is 0 Å². The van der Waals surface area contributed by atoms with Crippen LogP contribution in [-0.4, -0.2) is 44.0 Å². The van der Waals surface area contributed by atoms with Crippen LogP contribution in [0.1, 0.15) is 6.42 Å². The molecule has 18 heavy (non-hydrogen) atoms. The monoisotopic (exact) mass is 379 g/mol. The zero-order valence-electron chi connectivity index (χ0n) is 9.25. The number of hydrogen-bond acceptors (Lipinski definition) is 3. The molecule has 1 saturated heterocycles. The fourth-order valence-corrected chi connectivity index (χ4v) is 5.58. The molecule has 2 saturated carbocycles. The van der Waals surface area contributed by atoms with E-state index < -0.39 is 12.5 Å². The average Bonchev–Trinajstić information content (AvgIpc) is 2.88. The van der Waals surface area contributed by atoms with E-state index in [4.69, 9.17) is 5.11 Å². The van der Waals surface area contributed by atoms with E-state index in [0.717, 1.165) is 11.3 Å². The van der Waals surface area contributed by atoms with Gasteiger partial charge in [-0.2, -0.15) is 0 Å². The highest BCUT2D eigenvalue weighted by atomic mass is 79.9. The van der Waals surface area contributed by atoms with Gasteiger partial charge in [-0.25, -0.2) is 0 Å². The van der Waals surface area contributed by atoms with Crippen LogP contribution >= 0.6 is 31.9 Å². The second-order valence-corrected chi connectivity index (χ2v) is 7.27. The van der Waals surface area contributed by atoms with Crippen molar-refractivity contribution in [3.63, 3.8) is 0 Å². The molecule has 0 aromatic heterocycles. The molecule has 7 heteroatoms. The van der Waals surface area contributed by atoms with Crippen LogP contribution in [0.3, 0.4) is 0 Å². The SMILES string of the molecule is O=C(O)CN1C(=O)[C@H]2[C@H]3C[C@@H]([C@@H](Br)[C@@H]3Br)[C@@H]2C1=O. The lowest BCUT2D eigenvalue weighted by atomic mass is 9.81. The molecule has 2 bridgehead atoms. The van der Waals surface area contributed by atoms with Crippen LogP contribution in [0, 0.1) is 23.7 Å². The van der Waals surface area contributed by atoms with Crippen molar-refractivity contribution >= 4 is 49.6 Å². The topological polar surface area (TPSA) is 74.7 Å². The van der Waals surface area contributed by atoms with E-state index in [1.807, 2.05) is 0 Å². The van der Waals surface area contributed by atoms with Crippen LogP contribution in [0.5, 0.6) is 0 Å². The van der Waals surface area contributed by atoms with Crippen LogP contribution in [-0.2, 0) is 14.4 Å². The number of alkyl halides is 2. The lowest BCUT2D eigenvalue weighted by molar-refractivity contribution is -0.149. The molecule has 0 aromatic rings. The minimum atomic E-state index is -1.14. The molecule has 1 N–H and O–H groups in total. The molecule has 0 spiro atoms. The highest BCUT2D eigenvalue weighted by molar-refractivity contribution is 9.12. The molecular formula is C11H11Br2NO4. The maximum atomic E-state index is 12.2. The third-order valence-electron chi connectivity index (χ3n) is 4.37. The molecule has 1 heterocycles. The smallest absolute Gasteiger partial charge is 0.323 e. The highest BCUT2D eigenvalue weighted by Gasteiger charge is 2.66. The number of carbonyl (C=O) groups excluding carboxylic acids is 2. The van der Waals surface area contributed by atoms with Crippen molar-refractivity contribution in [2.75, 3.05) is 6.54 Å². The first-order valence-corrected chi connectivity index (χ1v) is 7.61. The molecule has 1 aliphatic heterocycles. The van der Waals surface area contributed by atoms with Gasteiger partial charge in [0.1, 0.15) is 6.54 Å². The Morgan fingerprint density at radius 3 is 2.00 bits per heavy atom. The fraction of sp³-hybridized carbons (Fsp3) is 0.727. The van der Waals surface area contributed by atoms with Gasteiger partial charge in [-0.15, -0.1) is 0 Å². The molecule has 2 aliphatic carbocycles. The van der Waals surface area contributed by atoms with Gasteiger partial charge in [-0.1, -0.05) is 31.9 Å². The Morgan fingerprint density at radius 1 is 1.17 bits per heavy atom. The zero-order valence-corrected chi connectivity index (χ0v) is 12.4. The van der Waals surface area contributed by atoms with Crippen molar-refractivity contribution in [3.8, 4) is 0 Å². The Hall–Kier alpha value is -0.430. The number of hydrogen-bond donors (Lipinski definition) is 1. The molecule has 0 aromatic carbocycles. The van der Waals surface area contributed by atoms with Crippen LogP contribution in [0.2, 0.25) is 0 Å². The molecule has 2 amide bonds. The number of fused-ring (bicyclic) bond motifs is 5. The number of halogens is 2. The average molecular weight is 381 g/mol. The quantitative estimate of drug-likeness (QED) is 0.569. The number of nitrogens with zero attached hydrogens (tertiary/aromatic N) is 1. The van der Waals surface area contributed by atoms with Crippen LogP contribution < -0.4 is 0 Å². The van der Waals surface area contributed by atoms with E-state index in [0.29, 0.717) is 0 Å². The van der Waals surface area contributed by atoms with Crippen LogP contribution in [0.15, 0.2) is 0 Å². The summed E-state index contributed by atoms with van der Waals surface area (Å²) in [7, 11) is 0. The number of imide groups is 1.